The molecule has 0 N–H and O–H groups in total. The second-order valence-electron chi connectivity index (χ2n) is 5.13. The third-order valence-corrected chi connectivity index (χ3v) is 4.74. The Labute approximate surface area is 144 Å². The highest BCUT2D eigenvalue weighted by Gasteiger charge is 2.09. The predicted molar refractivity (Wildman–Crippen MR) is 97.1 cm³/mol. The lowest BCUT2D eigenvalue weighted by molar-refractivity contribution is 0.340. The van der Waals surface area contributed by atoms with E-state index in [9.17, 15) is 0 Å². The Morgan fingerprint density at radius 1 is 1.00 bits per heavy atom. The zero-order chi connectivity index (χ0) is 15.5. The molecule has 0 radical (unpaired) electrons. The number of ether oxygens (including phenoxy) is 1. The van der Waals surface area contributed by atoms with E-state index in [0.717, 1.165) is 38.0 Å². The SMILES string of the molecule is CCOc1ccc(Cc2cc(Br)c3ccccc3c2Cl)cc1. The summed E-state index contributed by atoms with van der Waals surface area (Å²) >= 11 is 10.2. The van der Waals surface area contributed by atoms with Gasteiger partial charge in [-0.1, -0.05) is 63.9 Å². The summed E-state index contributed by atoms with van der Waals surface area (Å²) in [5.41, 5.74) is 2.34. The van der Waals surface area contributed by atoms with E-state index in [1.54, 1.807) is 0 Å². The van der Waals surface area contributed by atoms with Crippen LogP contribution in [0.3, 0.4) is 0 Å². The van der Waals surface area contributed by atoms with Crippen molar-refractivity contribution in [2.45, 2.75) is 13.3 Å². The van der Waals surface area contributed by atoms with Crippen molar-refractivity contribution in [3.63, 3.8) is 0 Å². The molecule has 0 atom stereocenters. The number of benzene rings is 3. The molecule has 0 aliphatic carbocycles. The average molecular weight is 376 g/mol. The lowest BCUT2D eigenvalue weighted by Gasteiger charge is -2.11. The lowest BCUT2D eigenvalue weighted by Crippen LogP contribution is -1.94. The molecule has 0 aromatic heterocycles. The van der Waals surface area contributed by atoms with Gasteiger partial charge in [0.15, 0.2) is 0 Å². The second kappa shape index (κ2) is 6.72. The van der Waals surface area contributed by atoms with E-state index in [4.69, 9.17) is 16.3 Å². The third kappa shape index (κ3) is 3.13. The molecule has 22 heavy (non-hydrogen) atoms. The normalized spacial score (nSPS) is 10.9. The van der Waals surface area contributed by atoms with Crippen LogP contribution in [-0.2, 0) is 6.42 Å². The Morgan fingerprint density at radius 2 is 1.68 bits per heavy atom. The molecule has 0 aliphatic rings. The Balaban J connectivity index is 1.95. The number of rotatable bonds is 4. The minimum Gasteiger partial charge on any atom is -0.494 e. The molecule has 112 valence electrons. The van der Waals surface area contributed by atoms with Crippen molar-refractivity contribution in [2.24, 2.45) is 0 Å². The second-order valence-corrected chi connectivity index (χ2v) is 6.36. The van der Waals surface area contributed by atoms with E-state index in [-0.39, 0.29) is 0 Å². The first kappa shape index (κ1) is 15.4. The summed E-state index contributed by atoms with van der Waals surface area (Å²) in [7, 11) is 0. The van der Waals surface area contributed by atoms with Gasteiger partial charge in [0.05, 0.1) is 11.6 Å². The highest BCUT2D eigenvalue weighted by Crippen LogP contribution is 2.34. The molecular formula is C19H16BrClO. The topological polar surface area (TPSA) is 9.23 Å². The number of hydrogen-bond donors (Lipinski definition) is 0. The molecule has 3 heteroatoms. The molecule has 0 bridgehead atoms. The Bertz CT molecular complexity index is 796. The molecule has 0 unspecified atom stereocenters. The number of halogens is 2. The van der Waals surface area contributed by atoms with Gasteiger partial charge in [0.2, 0.25) is 0 Å². The predicted octanol–water partition coefficient (Wildman–Crippen LogP) is 6.25. The van der Waals surface area contributed by atoms with Gasteiger partial charge in [-0.05, 0) is 48.1 Å². The molecule has 0 aliphatic heterocycles. The maximum absolute atomic E-state index is 6.60. The first-order valence-corrected chi connectivity index (χ1v) is 8.43. The third-order valence-electron chi connectivity index (χ3n) is 3.63. The molecule has 3 aromatic rings. The first-order chi connectivity index (χ1) is 10.7. The summed E-state index contributed by atoms with van der Waals surface area (Å²) in [6.45, 7) is 2.67. The van der Waals surface area contributed by atoms with E-state index in [1.165, 1.54) is 5.56 Å². The fraction of sp³-hybridized carbons (Fsp3) is 0.158. The largest absolute Gasteiger partial charge is 0.494 e. The van der Waals surface area contributed by atoms with Gasteiger partial charge in [-0.3, -0.25) is 0 Å². The van der Waals surface area contributed by atoms with Crippen LogP contribution in [0.25, 0.3) is 10.8 Å². The van der Waals surface area contributed by atoms with E-state index in [2.05, 4.69) is 46.3 Å². The van der Waals surface area contributed by atoms with Crippen LogP contribution in [-0.4, -0.2) is 6.61 Å². The summed E-state index contributed by atoms with van der Waals surface area (Å²) in [4.78, 5) is 0. The van der Waals surface area contributed by atoms with Gasteiger partial charge in [-0.15, -0.1) is 0 Å². The Morgan fingerprint density at radius 3 is 2.36 bits per heavy atom. The molecule has 3 aromatic carbocycles. The van der Waals surface area contributed by atoms with Gasteiger partial charge in [0.1, 0.15) is 5.75 Å². The van der Waals surface area contributed by atoms with E-state index in [1.807, 2.05) is 31.2 Å². The molecule has 1 nitrogen and oxygen atoms in total. The molecule has 0 heterocycles. The van der Waals surface area contributed by atoms with Crippen LogP contribution in [0.15, 0.2) is 59.1 Å². The van der Waals surface area contributed by atoms with E-state index >= 15 is 0 Å². The molecule has 0 saturated carbocycles. The zero-order valence-corrected chi connectivity index (χ0v) is 14.6. The minimum absolute atomic E-state index is 0.683. The van der Waals surface area contributed by atoms with Crippen molar-refractivity contribution in [3.8, 4) is 5.75 Å². The highest BCUT2D eigenvalue weighted by atomic mass is 79.9. The van der Waals surface area contributed by atoms with Gasteiger partial charge < -0.3 is 4.74 Å². The lowest BCUT2D eigenvalue weighted by atomic mass is 10.0. The van der Waals surface area contributed by atoms with Crippen molar-refractivity contribution in [1.29, 1.82) is 0 Å². The summed E-state index contributed by atoms with van der Waals surface area (Å²) in [6, 6.07) is 18.5. The monoisotopic (exact) mass is 374 g/mol. The standard InChI is InChI=1S/C19H16BrClO/c1-2-22-15-9-7-13(8-10-15)11-14-12-18(20)16-5-3-4-6-17(16)19(14)21/h3-10,12H,2,11H2,1H3. The fourth-order valence-corrected chi connectivity index (χ4v) is 3.48. The smallest absolute Gasteiger partial charge is 0.119 e. The van der Waals surface area contributed by atoms with Crippen molar-refractivity contribution in [3.05, 3.63) is 75.2 Å². The zero-order valence-electron chi connectivity index (χ0n) is 12.3. The minimum atomic E-state index is 0.683. The van der Waals surface area contributed by atoms with E-state index in [0.29, 0.717) is 6.61 Å². The fourth-order valence-electron chi connectivity index (χ4n) is 2.57. The average Bonchev–Trinajstić information content (AvgIpc) is 2.54. The van der Waals surface area contributed by atoms with Crippen molar-refractivity contribution in [1.82, 2.24) is 0 Å². The van der Waals surface area contributed by atoms with Crippen LogP contribution >= 0.6 is 27.5 Å². The summed E-state index contributed by atoms with van der Waals surface area (Å²) < 4.78 is 6.56. The van der Waals surface area contributed by atoms with Crippen molar-refractivity contribution >= 4 is 38.3 Å². The summed E-state index contributed by atoms with van der Waals surface area (Å²) in [5.74, 6) is 0.900. The maximum Gasteiger partial charge on any atom is 0.119 e. The van der Waals surface area contributed by atoms with Crippen LogP contribution in [0, 0.1) is 0 Å². The van der Waals surface area contributed by atoms with E-state index < -0.39 is 0 Å². The van der Waals surface area contributed by atoms with Crippen LogP contribution in [0.5, 0.6) is 5.75 Å². The molecule has 0 fully saturated rings. The van der Waals surface area contributed by atoms with Gasteiger partial charge in [0.25, 0.3) is 0 Å². The Kier molecular flexibility index (Phi) is 4.70. The van der Waals surface area contributed by atoms with Gasteiger partial charge in [-0.25, -0.2) is 0 Å². The number of hydrogen-bond acceptors (Lipinski definition) is 1. The summed E-state index contributed by atoms with van der Waals surface area (Å²) in [6.07, 6.45) is 0.800. The van der Waals surface area contributed by atoms with Crippen molar-refractivity contribution in [2.75, 3.05) is 6.61 Å². The molecular weight excluding hydrogens is 360 g/mol. The molecule has 0 saturated heterocycles. The molecule has 3 rings (SSSR count). The van der Waals surface area contributed by atoms with Gasteiger partial charge in [0, 0.05) is 9.86 Å². The van der Waals surface area contributed by atoms with Crippen LogP contribution in [0.4, 0.5) is 0 Å². The van der Waals surface area contributed by atoms with Crippen molar-refractivity contribution < 1.29 is 4.74 Å². The van der Waals surface area contributed by atoms with Gasteiger partial charge in [-0.2, -0.15) is 0 Å². The van der Waals surface area contributed by atoms with Crippen LogP contribution in [0.1, 0.15) is 18.1 Å². The first-order valence-electron chi connectivity index (χ1n) is 7.26. The number of fused-ring (bicyclic) bond motifs is 1. The maximum atomic E-state index is 6.60. The van der Waals surface area contributed by atoms with Crippen LogP contribution < -0.4 is 4.74 Å². The quantitative estimate of drug-likeness (QED) is 0.524. The van der Waals surface area contributed by atoms with Gasteiger partial charge >= 0.3 is 0 Å². The summed E-state index contributed by atoms with van der Waals surface area (Å²) in [5, 5.41) is 3.05. The Hall–Kier alpha value is -1.51. The highest BCUT2D eigenvalue weighted by molar-refractivity contribution is 9.10. The molecule has 0 amide bonds. The molecule has 0 spiro atoms. The van der Waals surface area contributed by atoms with Crippen LogP contribution in [0.2, 0.25) is 5.02 Å².